The summed E-state index contributed by atoms with van der Waals surface area (Å²) < 4.78 is 7.31. The van der Waals surface area contributed by atoms with Gasteiger partial charge >= 0.3 is 0 Å². The van der Waals surface area contributed by atoms with Crippen LogP contribution in [0, 0.1) is 0 Å². The Hall–Kier alpha value is -3.77. The molecule has 0 fully saturated rings. The molecule has 0 unspecified atom stereocenters. The first-order valence-corrected chi connectivity index (χ1v) is 9.43. The third-order valence-corrected chi connectivity index (χ3v) is 5.12. The van der Waals surface area contributed by atoms with Crippen molar-refractivity contribution in [1.29, 1.82) is 0 Å². The number of Topliss-reactive ketones (excluding diaryl/α,β-unsaturated/α-hetero) is 1. The molecule has 1 heterocycles. The van der Waals surface area contributed by atoms with E-state index in [-0.39, 0.29) is 36.0 Å². The van der Waals surface area contributed by atoms with Gasteiger partial charge in [0.1, 0.15) is 17.2 Å². The molecule has 3 aromatic carbocycles. The van der Waals surface area contributed by atoms with Crippen LogP contribution in [0.1, 0.15) is 15.9 Å². The number of carbonyl (C=O) groups excluding carboxylic acids is 1. The van der Waals surface area contributed by atoms with E-state index < -0.39 is 0 Å². The number of phenolic OH excluding ortho intramolecular Hbond substituents is 2. The molecule has 4 rings (SSSR count). The lowest BCUT2D eigenvalue weighted by molar-refractivity contribution is 0.0971. The van der Waals surface area contributed by atoms with E-state index in [1.165, 1.54) is 13.2 Å². The molecule has 4 aromatic rings. The number of nitrogens with zero attached hydrogens (tertiary/aromatic N) is 1. The van der Waals surface area contributed by atoms with Crippen molar-refractivity contribution in [2.24, 2.45) is 0 Å². The van der Waals surface area contributed by atoms with E-state index in [9.17, 15) is 20.1 Å². The molecule has 3 N–H and O–H groups in total. The summed E-state index contributed by atoms with van der Waals surface area (Å²) >= 11 is 0. The second-order valence-electron chi connectivity index (χ2n) is 6.98. The van der Waals surface area contributed by atoms with Crippen LogP contribution in [0.15, 0.2) is 66.9 Å². The van der Waals surface area contributed by atoms with Crippen molar-refractivity contribution in [3.8, 4) is 28.4 Å². The van der Waals surface area contributed by atoms with Crippen molar-refractivity contribution in [1.82, 2.24) is 4.57 Å². The molecule has 0 bridgehead atoms. The number of hydrogen-bond donors (Lipinski definition) is 3. The summed E-state index contributed by atoms with van der Waals surface area (Å²) in [6.07, 6.45) is 1.78. The molecule has 0 amide bonds. The Morgan fingerprint density at radius 2 is 1.67 bits per heavy atom. The Morgan fingerprint density at radius 3 is 2.33 bits per heavy atom. The predicted octanol–water partition coefficient (Wildman–Crippen LogP) is 4.10. The Balaban J connectivity index is 1.92. The van der Waals surface area contributed by atoms with Gasteiger partial charge < -0.3 is 24.6 Å². The van der Waals surface area contributed by atoms with Crippen LogP contribution in [-0.2, 0) is 13.2 Å². The van der Waals surface area contributed by atoms with Gasteiger partial charge in [0, 0.05) is 22.7 Å². The minimum Gasteiger partial charge on any atom is -0.507 e. The van der Waals surface area contributed by atoms with E-state index in [0.29, 0.717) is 28.0 Å². The molecular formula is C24H21NO5. The number of methoxy groups -OCH3 is 1. The van der Waals surface area contributed by atoms with Crippen molar-refractivity contribution >= 4 is 16.7 Å². The number of aromatic hydroxyl groups is 2. The monoisotopic (exact) mass is 403 g/mol. The smallest absolute Gasteiger partial charge is 0.186 e. The highest BCUT2D eigenvalue weighted by atomic mass is 16.5. The predicted molar refractivity (Wildman–Crippen MR) is 114 cm³/mol. The number of ether oxygens (including phenoxy) is 1. The fraction of sp³-hybridized carbons (Fsp3) is 0.125. The number of para-hydroxylation sites is 2. The van der Waals surface area contributed by atoms with Crippen LogP contribution < -0.4 is 4.74 Å². The number of rotatable bonds is 6. The maximum Gasteiger partial charge on any atom is 0.186 e. The molecule has 0 saturated carbocycles. The van der Waals surface area contributed by atoms with Gasteiger partial charge in [-0.3, -0.25) is 4.79 Å². The first-order valence-electron chi connectivity index (χ1n) is 9.43. The second kappa shape index (κ2) is 7.93. The van der Waals surface area contributed by atoms with E-state index >= 15 is 0 Å². The lowest BCUT2D eigenvalue weighted by Crippen LogP contribution is -2.10. The topological polar surface area (TPSA) is 91.9 Å². The van der Waals surface area contributed by atoms with E-state index in [4.69, 9.17) is 4.74 Å². The van der Waals surface area contributed by atoms with Crippen LogP contribution >= 0.6 is 0 Å². The molecule has 0 atom stereocenters. The van der Waals surface area contributed by atoms with Crippen molar-refractivity contribution in [2.75, 3.05) is 7.11 Å². The molecule has 0 saturated heterocycles. The SMILES string of the molecule is COc1cc(CO)cc2c1c(-c1ccccc1O)cn2CC(=O)c1ccccc1O. The number of benzene rings is 3. The van der Waals surface area contributed by atoms with Gasteiger partial charge in [-0.05, 0) is 35.9 Å². The summed E-state index contributed by atoms with van der Waals surface area (Å²) in [5.74, 6) is 0.302. The maximum absolute atomic E-state index is 12.9. The highest BCUT2D eigenvalue weighted by Gasteiger charge is 2.20. The minimum absolute atomic E-state index is 0.0281. The Morgan fingerprint density at radius 1 is 0.967 bits per heavy atom. The first kappa shape index (κ1) is 19.5. The lowest BCUT2D eigenvalue weighted by Gasteiger charge is -2.10. The van der Waals surface area contributed by atoms with Gasteiger partial charge in [-0.15, -0.1) is 0 Å². The molecule has 152 valence electrons. The zero-order chi connectivity index (χ0) is 21.3. The summed E-state index contributed by atoms with van der Waals surface area (Å²) in [6.45, 7) is -0.212. The number of ketones is 1. The molecule has 0 radical (unpaired) electrons. The average Bonchev–Trinajstić information content (AvgIpc) is 3.11. The van der Waals surface area contributed by atoms with Crippen molar-refractivity contribution in [3.63, 3.8) is 0 Å². The molecule has 0 aliphatic heterocycles. The number of aromatic nitrogens is 1. The van der Waals surface area contributed by atoms with E-state index in [1.807, 2.05) is 6.07 Å². The van der Waals surface area contributed by atoms with Crippen molar-refractivity contribution in [2.45, 2.75) is 13.2 Å². The van der Waals surface area contributed by atoms with E-state index in [1.54, 1.807) is 59.3 Å². The Labute approximate surface area is 173 Å². The third kappa shape index (κ3) is 3.38. The first-order chi connectivity index (χ1) is 14.5. The summed E-state index contributed by atoms with van der Waals surface area (Å²) in [5, 5.41) is 30.8. The number of hydrogen-bond acceptors (Lipinski definition) is 5. The number of aliphatic hydroxyl groups excluding tert-OH is 1. The fourth-order valence-corrected chi connectivity index (χ4v) is 3.68. The maximum atomic E-state index is 12.9. The largest absolute Gasteiger partial charge is 0.507 e. The minimum atomic E-state index is -0.262. The standard InChI is InChI=1S/C24H21NO5/c1-30-23-11-15(14-26)10-19-24(23)18(16-6-2-4-8-20(16)27)12-25(19)13-22(29)17-7-3-5-9-21(17)28/h2-12,26-28H,13-14H2,1H3. The summed E-state index contributed by atoms with van der Waals surface area (Å²) in [7, 11) is 1.54. The Kier molecular flexibility index (Phi) is 5.16. The number of carbonyl (C=O) groups is 1. The fourth-order valence-electron chi connectivity index (χ4n) is 3.68. The van der Waals surface area contributed by atoms with Crippen LogP contribution in [-0.4, -0.2) is 32.8 Å². The molecule has 0 aliphatic rings. The second-order valence-corrected chi connectivity index (χ2v) is 6.98. The molecule has 6 nitrogen and oxygen atoms in total. The van der Waals surface area contributed by atoms with Crippen LogP contribution in [0.25, 0.3) is 22.0 Å². The summed E-state index contributed by atoms with van der Waals surface area (Å²) in [4.78, 5) is 12.9. The molecule has 0 aliphatic carbocycles. The van der Waals surface area contributed by atoms with Gasteiger partial charge in [-0.2, -0.15) is 0 Å². The summed E-state index contributed by atoms with van der Waals surface area (Å²) in [5.41, 5.74) is 2.85. The van der Waals surface area contributed by atoms with E-state index in [2.05, 4.69) is 0 Å². The van der Waals surface area contributed by atoms with Gasteiger partial charge in [0.05, 0.1) is 31.3 Å². The van der Waals surface area contributed by atoms with E-state index in [0.717, 1.165) is 5.39 Å². The number of fused-ring (bicyclic) bond motifs is 1. The quantitative estimate of drug-likeness (QED) is 0.422. The Bertz CT molecular complexity index is 1240. The zero-order valence-corrected chi connectivity index (χ0v) is 16.4. The highest BCUT2D eigenvalue weighted by Crippen LogP contribution is 2.41. The van der Waals surface area contributed by atoms with Crippen molar-refractivity contribution in [3.05, 3.63) is 78.0 Å². The van der Waals surface area contributed by atoms with Crippen LogP contribution in [0.2, 0.25) is 0 Å². The number of aliphatic hydroxyl groups is 1. The van der Waals surface area contributed by atoms with Gasteiger partial charge in [-0.1, -0.05) is 30.3 Å². The zero-order valence-electron chi connectivity index (χ0n) is 16.4. The average molecular weight is 403 g/mol. The van der Waals surface area contributed by atoms with Gasteiger partial charge in [-0.25, -0.2) is 0 Å². The highest BCUT2D eigenvalue weighted by molar-refractivity contribution is 6.04. The normalized spacial score (nSPS) is 11.0. The van der Waals surface area contributed by atoms with Gasteiger partial charge in [0.25, 0.3) is 0 Å². The van der Waals surface area contributed by atoms with Crippen molar-refractivity contribution < 1.29 is 24.9 Å². The lowest BCUT2D eigenvalue weighted by atomic mass is 10.0. The molecule has 1 aromatic heterocycles. The molecule has 30 heavy (non-hydrogen) atoms. The third-order valence-electron chi connectivity index (χ3n) is 5.12. The molecule has 6 heteroatoms. The van der Waals surface area contributed by atoms with Gasteiger partial charge in [0.15, 0.2) is 5.78 Å². The van der Waals surface area contributed by atoms with Crippen LogP contribution in [0.3, 0.4) is 0 Å². The number of phenols is 2. The van der Waals surface area contributed by atoms with Crippen LogP contribution in [0.4, 0.5) is 0 Å². The molecule has 0 spiro atoms. The molecular weight excluding hydrogens is 382 g/mol. The summed E-state index contributed by atoms with van der Waals surface area (Å²) in [6, 6.07) is 16.9. The van der Waals surface area contributed by atoms with Gasteiger partial charge in [0.2, 0.25) is 0 Å². The van der Waals surface area contributed by atoms with Crippen LogP contribution in [0.5, 0.6) is 17.2 Å².